The molecule has 2 heterocycles. The van der Waals surface area contributed by atoms with Crippen molar-refractivity contribution >= 4 is 51.9 Å². The average Bonchev–Trinajstić information content (AvgIpc) is 3.48. The maximum Gasteiger partial charge on any atom is 0.343 e. The molecule has 0 bridgehead atoms. The maximum atomic E-state index is 13.4. The third-order valence-electron chi connectivity index (χ3n) is 13.1. The first-order valence-electron chi connectivity index (χ1n) is 23.2. The molecule has 0 N–H and O–H groups in total. The number of carbonyl (C=O) groups excluding carboxylic acids is 2. The lowest BCUT2D eigenvalue weighted by atomic mass is 9.77. The van der Waals surface area contributed by atoms with Crippen molar-refractivity contribution in [1.29, 1.82) is 0 Å². The summed E-state index contributed by atoms with van der Waals surface area (Å²) in [5.41, 5.74) is 3.93. The number of halogens is 1. The Labute approximate surface area is 389 Å². The van der Waals surface area contributed by atoms with Gasteiger partial charge in [0.05, 0.1) is 35.8 Å². The van der Waals surface area contributed by atoms with Crippen LogP contribution in [0.25, 0.3) is 21.9 Å². The van der Waals surface area contributed by atoms with Gasteiger partial charge in [-0.3, -0.25) is 4.99 Å². The number of fused-ring (bicyclic) bond motifs is 4. The highest BCUT2D eigenvalue weighted by Gasteiger charge is 2.58. The van der Waals surface area contributed by atoms with E-state index < -0.39 is 17.1 Å². The molecule has 3 atom stereocenters. The van der Waals surface area contributed by atoms with Gasteiger partial charge in [0.1, 0.15) is 35.3 Å². The largest absolute Gasteiger partial charge is 0.494 e. The summed E-state index contributed by atoms with van der Waals surface area (Å²) in [6, 6.07) is 31.3. The van der Waals surface area contributed by atoms with Gasteiger partial charge in [-0.1, -0.05) is 108 Å². The van der Waals surface area contributed by atoms with Crippen LogP contribution in [0.15, 0.2) is 115 Å². The molecular formula is C55H63ClN2O7. The molecule has 9 nitrogen and oxygen atoms in total. The molecule has 0 radical (unpaired) electrons. The number of hydrogen-bond acceptors (Lipinski definition) is 9. The summed E-state index contributed by atoms with van der Waals surface area (Å²) in [7, 11) is 2.03. The van der Waals surface area contributed by atoms with Crippen molar-refractivity contribution in [3.8, 4) is 34.1 Å². The predicted molar refractivity (Wildman–Crippen MR) is 263 cm³/mol. The molecule has 7 rings (SSSR count). The van der Waals surface area contributed by atoms with Crippen molar-refractivity contribution in [3.05, 3.63) is 121 Å². The van der Waals surface area contributed by atoms with E-state index in [1.165, 1.54) is 38.2 Å². The van der Waals surface area contributed by atoms with Crippen LogP contribution in [0.3, 0.4) is 0 Å². The van der Waals surface area contributed by atoms with Crippen LogP contribution in [-0.2, 0) is 14.9 Å². The van der Waals surface area contributed by atoms with Crippen LogP contribution in [-0.4, -0.2) is 56.1 Å². The van der Waals surface area contributed by atoms with Gasteiger partial charge in [-0.05, 0) is 115 Å². The van der Waals surface area contributed by atoms with Gasteiger partial charge >= 0.3 is 11.9 Å². The Balaban J connectivity index is 0.898. The molecule has 0 amide bonds. The van der Waals surface area contributed by atoms with E-state index in [-0.39, 0.29) is 11.3 Å². The number of rotatable bonds is 22. The molecule has 0 unspecified atom stereocenters. The minimum absolute atomic E-state index is 0.0666. The third kappa shape index (κ3) is 10.8. The van der Waals surface area contributed by atoms with Gasteiger partial charge in [-0.25, -0.2) is 9.59 Å². The second-order valence-electron chi connectivity index (χ2n) is 17.8. The highest BCUT2D eigenvalue weighted by molar-refractivity contribution is 6.20. The average molecular weight is 900 g/mol. The number of aliphatic imine (C=N–C) groups is 1. The number of benzene rings is 5. The zero-order chi connectivity index (χ0) is 46.0. The molecular weight excluding hydrogens is 836 g/mol. The zero-order valence-electron chi connectivity index (χ0n) is 38.6. The van der Waals surface area contributed by atoms with Crippen LogP contribution in [0.4, 0.5) is 11.4 Å². The first kappa shape index (κ1) is 47.2. The molecule has 2 aliphatic rings. The lowest BCUT2D eigenvalue weighted by Gasteiger charge is -2.45. The monoisotopic (exact) mass is 898 g/mol. The summed E-state index contributed by atoms with van der Waals surface area (Å²) < 4.78 is 30.1. The van der Waals surface area contributed by atoms with E-state index in [0.717, 1.165) is 76.8 Å². The summed E-state index contributed by atoms with van der Waals surface area (Å²) in [5, 5.41) is 1.72. The van der Waals surface area contributed by atoms with Crippen molar-refractivity contribution in [3.63, 3.8) is 0 Å². The van der Waals surface area contributed by atoms with Crippen molar-refractivity contribution in [2.24, 2.45) is 10.9 Å². The van der Waals surface area contributed by atoms with Crippen LogP contribution in [0.2, 0.25) is 0 Å². The van der Waals surface area contributed by atoms with Crippen molar-refractivity contribution < 1.29 is 33.3 Å². The smallest absolute Gasteiger partial charge is 0.343 e. The van der Waals surface area contributed by atoms with Gasteiger partial charge in [0, 0.05) is 24.2 Å². The van der Waals surface area contributed by atoms with Crippen LogP contribution in [0.1, 0.15) is 108 Å². The number of hydrogen-bond donors (Lipinski definition) is 0. The number of ether oxygens (including phenoxy) is 5. The van der Waals surface area contributed by atoms with Crippen molar-refractivity contribution in [2.45, 2.75) is 108 Å². The number of esters is 2. The Bertz CT molecular complexity index is 2470. The molecule has 0 saturated heterocycles. The van der Waals surface area contributed by atoms with Crippen LogP contribution >= 0.6 is 11.6 Å². The Kier molecular flexibility index (Phi) is 15.6. The van der Waals surface area contributed by atoms with E-state index in [1.54, 1.807) is 18.2 Å². The lowest BCUT2D eigenvalue weighted by molar-refractivity contribution is -0.137. The third-order valence-corrected chi connectivity index (χ3v) is 13.7. The van der Waals surface area contributed by atoms with Gasteiger partial charge in [0.25, 0.3) is 0 Å². The number of likely N-dealkylation sites (N-methyl/N-ethyl adjacent to an activating group) is 1. The number of anilines is 1. The van der Waals surface area contributed by atoms with Crippen molar-refractivity contribution in [1.82, 2.24) is 0 Å². The van der Waals surface area contributed by atoms with Crippen LogP contribution in [0.5, 0.6) is 23.0 Å². The van der Waals surface area contributed by atoms with E-state index in [9.17, 15) is 9.59 Å². The molecule has 5 aromatic rings. The number of alkyl halides is 1. The minimum atomic E-state index is -0.886. The SMILES string of the molecule is C=CC(=O)OCCCCCCCCCCCOc1ccc(-c2ccc(C(=O)Oc3ccc4ccc5c(c4c3)N=C[C@@]3(O5)N(C)c4ccc(OC[C@@H](Cl)[C@@H](C)CC)cc4C3(C)C)cc2)cc1. The zero-order valence-corrected chi connectivity index (χ0v) is 39.3. The molecule has 0 saturated carbocycles. The Morgan fingerprint density at radius 1 is 0.785 bits per heavy atom. The quantitative estimate of drug-likeness (QED) is 0.0223. The van der Waals surface area contributed by atoms with Gasteiger partial charge in [0.2, 0.25) is 5.72 Å². The summed E-state index contributed by atoms with van der Waals surface area (Å²) in [6.07, 6.45) is 14.3. The fourth-order valence-electron chi connectivity index (χ4n) is 8.69. The predicted octanol–water partition coefficient (Wildman–Crippen LogP) is 13.6. The highest BCUT2D eigenvalue weighted by Crippen LogP contribution is 2.55. The topological polar surface area (TPSA) is 95.9 Å². The molecule has 65 heavy (non-hydrogen) atoms. The number of unbranched alkanes of at least 4 members (excludes halogenated alkanes) is 8. The second-order valence-corrected chi connectivity index (χ2v) is 18.4. The van der Waals surface area contributed by atoms with Crippen LogP contribution < -0.4 is 23.8 Å². The molecule has 10 heteroatoms. The van der Waals surface area contributed by atoms with Gasteiger partial charge in [0.15, 0.2) is 0 Å². The molecule has 2 aliphatic heterocycles. The van der Waals surface area contributed by atoms with E-state index in [0.29, 0.717) is 48.5 Å². The standard InChI is InChI=1S/C55H63ClN2O7/c1-7-38(3)48(56)36-63-44-29-30-49-47(35-44)54(4,5)55(58(49)6)37-57-52-46-34-45(28-24-41(46)25-31-50(52)65-55)64-53(60)42-20-18-39(19-21-42)40-22-26-43(27-23-40)61-32-16-14-12-10-9-11-13-15-17-33-62-51(59)8-2/h8,18-31,34-35,37-38,48H,2,7,9-17,32-33,36H2,1,3-6H3/t38-,48+,55-/m0/s1. The fraction of sp³-hybridized carbons (Fsp3) is 0.400. The number of carbonyl (C=O) groups is 2. The van der Waals surface area contributed by atoms with E-state index in [4.69, 9.17) is 40.3 Å². The molecule has 1 spiro atoms. The Hall–Kier alpha value is -5.80. The van der Waals surface area contributed by atoms with Gasteiger partial charge < -0.3 is 28.6 Å². The number of nitrogens with zero attached hydrogens (tertiary/aromatic N) is 2. The lowest BCUT2D eigenvalue weighted by Crippen LogP contribution is -2.61. The van der Waals surface area contributed by atoms with Gasteiger partial charge in [-0.2, -0.15) is 0 Å². The van der Waals surface area contributed by atoms with Gasteiger partial charge in [-0.15, -0.1) is 11.6 Å². The first-order chi connectivity index (χ1) is 31.4. The van der Waals surface area contributed by atoms with E-state index in [2.05, 4.69) is 51.3 Å². The molecule has 0 aliphatic carbocycles. The summed E-state index contributed by atoms with van der Waals surface area (Å²) in [6.45, 7) is 13.6. The Morgan fingerprint density at radius 3 is 2.08 bits per heavy atom. The minimum Gasteiger partial charge on any atom is -0.494 e. The van der Waals surface area contributed by atoms with E-state index in [1.807, 2.05) is 80.0 Å². The van der Waals surface area contributed by atoms with Crippen LogP contribution in [0, 0.1) is 5.92 Å². The maximum absolute atomic E-state index is 13.4. The Morgan fingerprint density at radius 2 is 1.40 bits per heavy atom. The molecule has 0 fully saturated rings. The summed E-state index contributed by atoms with van der Waals surface area (Å²) in [5.74, 6) is 2.27. The molecule has 0 aromatic heterocycles. The van der Waals surface area contributed by atoms with Crippen molar-refractivity contribution in [2.75, 3.05) is 31.8 Å². The fourth-order valence-corrected chi connectivity index (χ4v) is 8.93. The second kappa shape index (κ2) is 21.5. The molecule has 342 valence electrons. The molecule has 5 aromatic carbocycles. The van der Waals surface area contributed by atoms with E-state index >= 15 is 0 Å². The first-order valence-corrected chi connectivity index (χ1v) is 23.7. The summed E-state index contributed by atoms with van der Waals surface area (Å²) >= 11 is 6.61. The highest BCUT2D eigenvalue weighted by atomic mass is 35.5. The normalized spacial score (nSPS) is 16.6. The summed E-state index contributed by atoms with van der Waals surface area (Å²) in [4.78, 5) is 31.7.